The number of nitrogens with two attached hydrogens (primary N) is 1. The second kappa shape index (κ2) is 5.27. The third-order valence-electron chi connectivity index (χ3n) is 3.34. The molecule has 1 heterocycles. The van der Waals surface area contributed by atoms with Gasteiger partial charge in [0.15, 0.2) is 0 Å². The number of nitrogen functional groups attached to an aromatic ring is 1. The Bertz CT molecular complexity index is 382. The van der Waals surface area contributed by atoms with Crippen molar-refractivity contribution in [2.24, 2.45) is 5.92 Å². The van der Waals surface area contributed by atoms with Crippen LogP contribution in [0, 0.1) is 5.92 Å². The van der Waals surface area contributed by atoms with Gasteiger partial charge in [0.1, 0.15) is 5.75 Å². The molecule has 1 fully saturated rings. The number of ether oxygens (including phenoxy) is 2. The molecule has 0 amide bonds. The van der Waals surface area contributed by atoms with Crippen molar-refractivity contribution in [3.63, 3.8) is 0 Å². The monoisotopic (exact) mass is 236 g/mol. The lowest BCUT2D eigenvalue weighted by Crippen LogP contribution is -2.20. The van der Waals surface area contributed by atoms with Gasteiger partial charge < -0.3 is 20.5 Å². The van der Waals surface area contributed by atoms with E-state index in [1.807, 2.05) is 18.2 Å². The van der Waals surface area contributed by atoms with Crippen LogP contribution in [0.2, 0.25) is 0 Å². The van der Waals surface area contributed by atoms with E-state index in [0.717, 1.165) is 25.3 Å². The number of methoxy groups -OCH3 is 1. The quantitative estimate of drug-likeness (QED) is 0.786. The second-order valence-electron chi connectivity index (χ2n) is 4.46. The van der Waals surface area contributed by atoms with Crippen LogP contribution < -0.4 is 15.8 Å². The van der Waals surface area contributed by atoms with Gasteiger partial charge in [-0.2, -0.15) is 0 Å². The molecule has 1 aromatic rings. The van der Waals surface area contributed by atoms with Gasteiger partial charge in [0, 0.05) is 30.8 Å². The minimum atomic E-state index is 0.346. The zero-order valence-electron chi connectivity index (χ0n) is 10.4. The van der Waals surface area contributed by atoms with Gasteiger partial charge >= 0.3 is 0 Å². The van der Waals surface area contributed by atoms with Gasteiger partial charge in [0.25, 0.3) is 0 Å². The molecule has 0 aromatic heterocycles. The molecule has 1 aliphatic rings. The first-order chi connectivity index (χ1) is 8.20. The van der Waals surface area contributed by atoms with Crippen molar-refractivity contribution in [3.8, 4) is 5.75 Å². The Morgan fingerprint density at radius 1 is 1.53 bits per heavy atom. The molecule has 2 atom stereocenters. The number of hydrogen-bond donors (Lipinski definition) is 2. The topological polar surface area (TPSA) is 56.5 Å². The van der Waals surface area contributed by atoms with Crippen LogP contribution in [-0.2, 0) is 4.74 Å². The molecule has 94 valence electrons. The standard InChI is InChI=1S/C13H20N2O2/c1-9-10(5-6-17-9)8-15-11-3-4-12(14)13(7-11)16-2/h3-4,7,9-10,15H,5-6,8,14H2,1-2H3. The molecular formula is C13H20N2O2. The first-order valence-electron chi connectivity index (χ1n) is 5.99. The third kappa shape index (κ3) is 2.82. The SMILES string of the molecule is COc1cc(NCC2CCOC2C)ccc1N. The molecule has 4 heteroatoms. The van der Waals surface area contributed by atoms with Crippen molar-refractivity contribution in [2.75, 3.05) is 31.3 Å². The van der Waals surface area contributed by atoms with Gasteiger partial charge in [-0.3, -0.25) is 0 Å². The van der Waals surface area contributed by atoms with E-state index in [9.17, 15) is 0 Å². The minimum absolute atomic E-state index is 0.346. The Morgan fingerprint density at radius 2 is 2.35 bits per heavy atom. The number of rotatable bonds is 4. The molecule has 0 bridgehead atoms. The largest absolute Gasteiger partial charge is 0.495 e. The zero-order valence-corrected chi connectivity index (χ0v) is 10.4. The van der Waals surface area contributed by atoms with Crippen LogP contribution in [0.3, 0.4) is 0 Å². The van der Waals surface area contributed by atoms with E-state index in [0.29, 0.717) is 23.5 Å². The summed E-state index contributed by atoms with van der Waals surface area (Å²) in [6.45, 7) is 3.93. The Kier molecular flexibility index (Phi) is 3.74. The van der Waals surface area contributed by atoms with Crippen LogP contribution in [0.25, 0.3) is 0 Å². The van der Waals surface area contributed by atoms with E-state index in [1.54, 1.807) is 7.11 Å². The highest BCUT2D eigenvalue weighted by Crippen LogP contribution is 2.26. The number of benzene rings is 1. The van der Waals surface area contributed by atoms with Crippen molar-refractivity contribution in [1.82, 2.24) is 0 Å². The highest BCUT2D eigenvalue weighted by Gasteiger charge is 2.23. The molecule has 0 spiro atoms. The summed E-state index contributed by atoms with van der Waals surface area (Å²) in [5.74, 6) is 1.30. The Balaban J connectivity index is 1.94. The maximum Gasteiger partial charge on any atom is 0.143 e. The highest BCUT2D eigenvalue weighted by molar-refractivity contribution is 5.61. The fraction of sp³-hybridized carbons (Fsp3) is 0.538. The molecule has 1 aliphatic heterocycles. The number of hydrogen-bond acceptors (Lipinski definition) is 4. The van der Waals surface area contributed by atoms with E-state index >= 15 is 0 Å². The molecule has 17 heavy (non-hydrogen) atoms. The van der Waals surface area contributed by atoms with Crippen molar-refractivity contribution in [1.29, 1.82) is 0 Å². The van der Waals surface area contributed by atoms with Crippen LogP contribution in [0.5, 0.6) is 5.75 Å². The predicted octanol–water partition coefficient (Wildman–Crippen LogP) is 2.11. The first-order valence-corrected chi connectivity index (χ1v) is 5.99. The van der Waals surface area contributed by atoms with Crippen molar-refractivity contribution in [3.05, 3.63) is 18.2 Å². The average molecular weight is 236 g/mol. The van der Waals surface area contributed by atoms with Crippen LogP contribution in [-0.4, -0.2) is 26.4 Å². The summed E-state index contributed by atoms with van der Waals surface area (Å²) in [4.78, 5) is 0. The Morgan fingerprint density at radius 3 is 3.00 bits per heavy atom. The predicted molar refractivity (Wildman–Crippen MR) is 69.4 cm³/mol. The number of anilines is 2. The van der Waals surface area contributed by atoms with Gasteiger partial charge in [-0.05, 0) is 25.5 Å². The summed E-state index contributed by atoms with van der Waals surface area (Å²) in [5.41, 5.74) is 7.47. The summed E-state index contributed by atoms with van der Waals surface area (Å²) in [5, 5.41) is 3.40. The fourth-order valence-electron chi connectivity index (χ4n) is 2.11. The van der Waals surface area contributed by atoms with Crippen LogP contribution in [0.4, 0.5) is 11.4 Å². The van der Waals surface area contributed by atoms with Gasteiger partial charge in [0.05, 0.1) is 18.9 Å². The van der Waals surface area contributed by atoms with Gasteiger partial charge in [-0.25, -0.2) is 0 Å². The maximum absolute atomic E-state index is 5.77. The summed E-state index contributed by atoms with van der Waals surface area (Å²) < 4.78 is 10.7. The average Bonchev–Trinajstić information content (AvgIpc) is 2.74. The molecule has 1 aromatic carbocycles. The third-order valence-corrected chi connectivity index (χ3v) is 3.34. The first kappa shape index (κ1) is 12.0. The van der Waals surface area contributed by atoms with Crippen LogP contribution in [0.15, 0.2) is 18.2 Å². The molecule has 2 rings (SSSR count). The number of nitrogens with one attached hydrogen (secondary N) is 1. The second-order valence-corrected chi connectivity index (χ2v) is 4.46. The van der Waals surface area contributed by atoms with Crippen molar-refractivity contribution < 1.29 is 9.47 Å². The summed E-state index contributed by atoms with van der Waals surface area (Å²) in [6.07, 6.45) is 1.47. The molecule has 0 aliphatic carbocycles. The highest BCUT2D eigenvalue weighted by atomic mass is 16.5. The lowest BCUT2D eigenvalue weighted by atomic mass is 10.0. The minimum Gasteiger partial charge on any atom is -0.495 e. The molecule has 1 saturated heterocycles. The smallest absolute Gasteiger partial charge is 0.143 e. The molecule has 4 nitrogen and oxygen atoms in total. The molecule has 3 N–H and O–H groups in total. The van der Waals surface area contributed by atoms with Gasteiger partial charge in [-0.1, -0.05) is 0 Å². The van der Waals surface area contributed by atoms with E-state index < -0.39 is 0 Å². The molecule has 2 unspecified atom stereocenters. The van der Waals surface area contributed by atoms with Gasteiger partial charge in [-0.15, -0.1) is 0 Å². The normalized spacial score (nSPS) is 23.6. The summed E-state index contributed by atoms with van der Waals surface area (Å²) in [7, 11) is 1.63. The van der Waals surface area contributed by atoms with E-state index in [-0.39, 0.29) is 0 Å². The van der Waals surface area contributed by atoms with Crippen molar-refractivity contribution in [2.45, 2.75) is 19.4 Å². The zero-order chi connectivity index (χ0) is 12.3. The molecule has 0 saturated carbocycles. The lowest BCUT2D eigenvalue weighted by Gasteiger charge is -2.16. The molecule has 0 radical (unpaired) electrons. The van der Waals surface area contributed by atoms with Crippen LogP contribution in [0.1, 0.15) is 13.3 Å². The fourth-order valence-corrected chi connectivity index (χ4v) is 2.11. The van der Waals surface area contributed by atoms with E-state index in [4.69, 9.17) is 15.2 Å². The Hall–Kier alpha value is -1.42. The summed E-state index contributed by atoms with van der Waals surface area (Å²) in [6, 6.07) is 5.75. The van der Waals surface area contributed by atoms with Gasteiger partial charge in [0.2, 0.25) is 0 Å². The lowest BCUT2D eigenvalue weighted by molar-refractivity contribution is 0.108. The Labute approximate surface area is 102 Å². The van der Waals surface area contributed by atoms with Crippen LogP contribution >= 0.6 is 0 Å². The maximum atomic E-state index is 5.77. The van der Waals surface area contributed by atoms with E-state index in [1.165, 1.54) is 0 Å². The van der Waals surface area contributed by atoms with E-state index in [2.05, 4.69) is 12.2 Å². The van der Waals surface area contributed by atoms with Crippen molar-refractivity contribution >= 4 is 11.4 Å². The summed E-state index contributed by atoms with van der Waals surface area (Å²) >= 11 is 0. The molecular weight excluding hydrogens is 216 g/mol.